The summed E-state index contributed by atoms with van der Waals surface area (Å²) in [5.74, 6) is -0.979. The summed E-state index contributed by atoms with van der Waals surface area (Å²) in [6.45, 7) is 2.48. The van der Waals surface area contributed by atoms with E-state index in [2.05, 4.69) is 9.97 Å². The van der Waals surface area contributed by atoms with Gasteiger partial charge >= 0.3 is 5.97 Å². The van der Waals surface area contributed by atoms with Crippen LogP contribution >= 0.6 is 0 Å². The Morgan fingerprint density at radius 3 is 2.84 bits per heavy atom. The van der Waals surface area contributed by atoms with Gasteiger partial charge in [0.25, 0.3) is 0 Å². The molecule has 0 spiro atoms. The first-order valence-electron chi connectivity index (χ1n) is 5.89. The number of aromatic carboxylic acids is 1. The largest absolute Gasteiger partial charge is 0.478 e. The van der Waals surface area contributed by atoms with Crippen molar-refractivity contribution in [3.05, 3.63) is 53.6 Å². The molecule has 0 fully saturated rings. The number of hydrogen-bond acceptors (Lipinski definition) is 4. The summed E-state index contributed by atoms with van der Waals surface area (Å²) in [6, 6.07) is 7.49. The molecule has 0 aromatic carbocycles. The Morgan fingerprint density at radius 1 is 1.37 bits per heavy atom. The zero-order valence-corrected chi connectivity index (χ0v) is 10.9. The predicted molar refractivity (Wildman–Crippen MR) is 72.3 cm³/mol. The van der Waals surface area contributed by atoms with Crippen molar-refractivity contribution in [2.24, 2.45) is 0 Å². The molecular weight excluding hydrogens is 242 g/mol. The number of carboxylic acids is 1. The van der Waals surface area contributed by atoms with Crippen molar-refractivity contribution in [2.45, 2.75) is 13.5 Å². The molecule has 2 aromatic rings. The van der Waals surface area contributed by atoms with E-state index < -0.39 is 5.97 Å². The van der Waals surface area contributed by atoms with Gasteiger partial charge in [0, 0.05) is 25.1 Å². The maximum Gasteiger partial charge on any atom is 0.339 e. The number of aryl methyl sites for hydroxylation is 1. The summed E-state index contributed by atoms with van der Waals surface area (Å²) in [5.41, 5.74) is 2.66. The van der Waals surface area contributed by atoms with Gasteiger partial charge in [0.05, 0.1) is 17.9 Å². The standard InChI is InChI=1S/C14H15N3O2/c1-10-4-3-5-11(16-10)9-17(2)13-6-7-15-8-12(13)14(18)19/h3-8H,9H2,1-2H3,(H,18,19). The minimum absolute atomic E-state index is 0.192. The minimum atomic E-state index is -0.979. The Kier molecular flexibility index (Phi) is 3.75. The van der Waals surface area contributed by atoms with Crippen molar-refractivity contribution in [2.75, 3.05) is 11.9 Å². The Labute approximate surface area is 111 Å². The molecule has 19 heavy (non-hydrogen) atoms. The van der Waals surface area contributed by atoms with Gasteiger partial charge < -0.3 is 10.0 Å². The van der Waals surface area contributed by atoms with E-state index >= 15 is 0 Å². The number of aromatic nitrogens is 2. The fourth-order valence-electron chi connectivity index (χ4n) is 1.90. The highest BCUT2D eigenvalue weighted by Gasteiger charge is 2.13. The van der Waals surface area contributed by atoms with E-state index in [0.29, 0.717) is 12.2 Å². The molecule has 5 nitrogen and oxygen atoms in total. The van der Waals surface area contributed by atoms with Gasteiger partial charge in [0.1, 0.15) is 5.56 Å². The van der Waals surface area contributed by atoms with Gasteiger partial charge in [-0.3, -0.25) is 9.97 Å². The van der Waals surface area contributed by atoms with Crippen LogP contribution in [0.5, 0.6) is 0 Å². The molecule has 2 rings (SSSR count). The van der Waals surface area contributed by atoms with Crippen LogP contribution in [0.1, 0.15) is 21.7 Å². The Balaban J connectivity index is 2.25. The third kappa shape index (κ3) is 3.07. The Morgan fingerprint density at radius 2 is 2.16 bits per heavy atom. The van der Waals surface area contributed by atoms with Crippen LogP contribution < -0.4 is 4.90 Å². The quantitative estimate of drug-likeness (QED) is 0.908. The average molecular weight is 257 g/mol. The number of pyridine rings is 2. The molecule has 1 N–H and O–H groups in total. The topological polar surface area (TPSA) is 66.3 Å². The van der Waals surface area contributed by atoms with Crippen molar-refractivity contribution < 1.29 is 9.90 Å². The second-order valence-electron chi connectivity index (χ2n) is 4.32. The average Bonchev–Trinajstić information content (AvgIpc) is 2.38. The number of carbonyl (C=O) groups is 1. The fraction of sp³-hybridized carbons (Fsp3) is 0.214. The normalized spacial score (nSPS) is 10.2. The van der Waals surface area contributed by atoms with Crippen LogP contribution in [0.25, 0.3) is 0 Å². The monoisotopic (exact) mass is 257 g/mol. The van der Waals surface area contributed by atoms with Crippen LogP contribution in [0.4, 0.5) is 5.69 Å². The maximum atomic E-state index is 11.2. The first-order valence-corrected chi connectivity index (χ1v) is 5.89. The zero-order chi connectivity index (χ0) is 13.8. The van der Waals surface area contributed by atoms with E-state index in [1.54, 1.807) is 12.3 Å². The summed E-state index contributed by atoms with van der Waals surface area (Å²) in [6.07, 6.45) is 2.94. The van der Waals surface area contributed by atoms with Gasteiger partial charge in [-0.05, 0) is 25.1 Å². The summed E-state index contributed by atoms with van der Waals surface area (Å²) >= 11 is 0. The zero-order valence-electron chi connectivity index (χ0n) is 10.9. The molecule has 98 valence electrons. The van der Waals surface area contributed by atoms with Crippen LogP contribution in [-0.2, 0) is 6.54 Å². The molecule has 2 aromatic heterocycles. The molecule has 0 saturated carbocycles. The van der Waals surface area contributed by atoms with Crippen molar-refractivity contribution >= 4 is 11.7 Å². The molecule has 5 heteroatoms. The van der Waals surface area contributed by atoms with E-state index in [0.717, 1.165) is 11.4 Å². The van der Waals surface area contributed by atoms with Crippen LogP contribution in [0.3, 0.4) is 0 Å². The van der Waals surface area contributed by atoms with Gasteiger partial charge in [-0.15, -0.1) is 0 Å². The van der Waals surface area contributed by atoms with E-state index in [1.807, 2.05) is 37.1 Å². The number of hydrogen-bond donors (Lipinski definition) is 1. The molecule has 0 aliphatic carbocycles. The molecule has 0 amide bonds. The first-order chi connectivity index (χ1) is 9.08. The molecule has 0 saturated heterocycles. The minimum Gasteiger partial charge on any atom is -0.478 e. The lowest BCUT2D eigenvalue weighted by molar-refractivity contribution is 0.0697. The van der Waals surface area contributed by atoms with Gasteiger partial charge in [-0.2, -0.15) is 0 Å². The lowest BCUT2D eigenvalue weighted by Gasteiger charge is -2.20. The molecule has 0 radical (unpaired) electrons. The highest BCUT2D eigenvalue weighted by Crippen LogP contribution is 2.19. The Bertz CT molecular complexity index is 599. The van der Waals surface area contributed by atoms with Crippen LogP contribution in [0.2, 0.25) is 0 Å². The van der Waals surface area contributed by atoms with Crippen LogP contribution in [-0.4, -0.2) is 28.1 Å². The molecular formula is C14H15N3O2. The predicted octanol–water partition coefficient (Wildman–Crippen LogP) is 2.12. The van der Waals surface area contributed by atoms with Crippen molar-refractivity contribution in [1.82, 2.24) is 9.97 Å². The summed E-state index contributed by atoms with van der Waals surface area (Å²) in [7, 11) is 1.84. The maximum absolute atomic E-state index is 11.2. The first kappa shape index (κ1) is 13.0. The molecule has 0 bridgehead atoms. The summed E-state index contributed by atoms with van der Waals surface area (Å²) in [5, 5.41) is 9.14. The van der Waals surface area contributed by atoms with Crippen molar-refractivity contribution in [3.63, 3.8) is 0 Å². The van der Waals surface area contributed by atoms with Gasteiger partial charge in [-0.1, -0.05) is 6.07 Å². The third-order valence-corrected chi connectivity index (χ3v) is 2.78. The van der Waals surface area contributed by atoms with E-state index in [4.69, 9.17) is 5.11 Å². The SMILES string of the molecule is Cc1cccc(CN(C)c2ccncc2C(=O)O)n1. The molecule has 0 atom stereocenters. The van der Waals surface area contributed by atoms with Crippen LogP contribution in [0, 0.1) is 6.92 Å². The van der Waals surface area contributed by atoms with E-state index in [-0.39, 0.29) is 5.56 Å². The van der Waals surface area contributed by atoms with E-state index in [1.165, 1.54) is 6.20 Å². The number of nitrogens with zero attached hydrogens (tertiary/aromatic N) is 3. The second-order valence-corrected chi connectivity index (χ2v) is 4.32. The summed E-state index contributed by atoms with van der Waals surface area (Å²) in [4.78, 5) is 21.3. The Hall–Kier alpha value is -2.43. The highest BCUT2D eigenvalue weighted by molar-refractivity contribution is 5.93. The number of carboxylic acid groups (broad SMARTS) is 1. The molecule has 2 heterocycles. The smallest absolute Gasteiger partial charge is 0.339 e. The number of anilines is 1. The second kappa shape index (κ2) is 5.48. The summed E-state index contributed by atoms with van der Waals surface area (Å²) < 4.78 is 0. The lowest BCUT2D eigenvalue weighted by atomic mass is 10.2. The van der Waals surface area contributed by atoms with Gasteiger partial charge in [0.15, 0.2) is 0 Å². The lowest BCUT2D eigenvalue weighted by Crippen LogP contribution is -2.20. The van der Waals surface area contributed by atoms with Crippen molar-refractivity contribution in [1.29, 1.82) is 0 Å². The highest BCUT2D eigenvalue weighted by atomic mass is 16.4. The fourth-order valence-corrected chi connectivity index (χ4v) is 1.90. The van der Waals surface area contributed by atoms with Gasteiger partial charge in [0.2, 0.25) is 0 Å². The molecule has 0 aliphatic rings. The number of rotatable bonds is 4. The molecule has 0 unspecified atom stereocenters. The van der Waals surface area contributed by atoms with Crippen molar-refractivity contribution in [3.8, 4) is 0 Å². The van der Waals surface area contributed by atoms with Gasteiger partial charge in [-0.25, -0.2) is 4.79 Å². The third-order valence-electron chi connectivity index (χ3n) is 2.78. The van der Waals surface area contributed by atoms with Crippen LogP contribution in [0.15, 0.2) is 36.7 Å². The molecule has 0 aliphatic heterocycles. The van der Waals surface area contributed by atoms with E-state index in [9.17, 15) is 4.79 Å².